The largest absolute Gasteiger partial charge is 0.452 e. The second kappa shape index (κ2) is 9.25. The summed E-state index contributed by atoms with van der Waals surface area (Å²) in [6.45, 7) is 3.03. The number of hydrogen-bond acceptors (Lipinski definition) is 5. The Hall–Kier alpha value is -3.94. The lowest BCUT2D eigenvalue weighted by Gasteiger charge is -2.25. The highest BCUT2D eigenvalue weighted by molar-refractivity contribution is 6.08. The number of carbonyl (C=O) groups excluding carboxylic acids is 4. The van der Waals surface area contributed by atoms with Gasteiger partial charge in [-0.25, -0.2) is 9.59 Å². The molecule has 2 aromatic carbocycles. The van der Waals surface area contributed by atoms with E-state index in [-0.39, 0.29) is 0 Å². The molecule has 8 heteroatoms. The number of rotatable bonds is 7. The summed E-state index contributed by atoms with van der Waals surface area (Å²) in [6, 6.07) is 15.5. The third-order valence-electron chi connectivity index (χ3n) is 5.06. The Morgan fingerprint density at radius 3 is 2.45 bits per heavy atom. The number of urea groups is 1. The Bertz CT molecular complexity index is 1030. The van der Waals surface area contributed by atoms with Crippen LogP contribution in [0.5, 0.6) is 0 Å². The van der Waals surface area contributed by atoms with Crippen molar-refractivity contribution in [2.45, 2.75) is 25.8 Å². The Balaban J connectivity index is 1.59. The van der Waals surface area contributed by atoms with Gasteiger partial charge in [-0.2, -0.15) is 5.01 Å². The molecule has 160 valence electrons. The summed E-state index contributed by atoms with van der Waals surface area (Å²) >= 11 is 0. The molecule has 3 rings (SSSR count). The van der Waals surface area contributed by atoms with Gasteiger partial charge in [-0.05, 0) is 36.1 Å². The van der Waals surface area contributed by atoms with Crippen LogP contribution in [0, 0.1) is 6.92 Å². The van der Waals surface area contributed by atoms with Crippen LogP contribution in [0.1, 0.15) is 30.0 Å². The zero-order chi connectivity index (χ0) is 22.4. The molecule has 1 atom stereocenters. The molecule has 0 aliphatic carbocycles. The molecule has 1 aliphatic rings. The van der Waals surface area contributed by atoms with Crippen molar-refractivity contribution in [1.82, 2.24) is 15.8 Å². The molecule has 1 saturated heterocycles. The number of aryl methyl sites for hydroxylation is 1. The van der Waals surface area contributed by atoms with Crippen molar-refractivity contribution in [3.05, 3.63) is 77.4 Å². The smallest absolute Gasteiger partial charge is 0.344 e. The van der Waals surface area contributed by atoms with Crippen LogP contribution in [0.25, 0.3) is 6.08 Å². The summed E-state index contributed by atoms with van der Waals surface area (Å²) in [7, 11) is 0. The van der Waals surface area contributed by atoms with E-state index in [4.69, 9.17) is 4.74 Å². The van der Waals surface area contributed by atoms with Gasteiger partial charge in [0, 0.05) is 6.08 Å². The summed E-state index contributed by atoms with van der Waals surface area (Å²) < 4.78 is 4.90. The minimum atomic E-state index is -1.27. The van der Waals surface area contributed by atoms with Crippen LogP contribution in [-0.4, -0.2) is 35.4 Å². The molecule has 0 bridgehead atoms. The number of carbonyl (C=O) groups is 4. The van der Waals surface area contributed by atoms with E-state index in [0.29, 0.717) is 17.0 Å². The monoisotopic (exact) mass is 421 g/mol. The van der Waals surface area contributed by atoms with Gasteiger partial charge in [-0.15, -0.1) is 0 Å². The minimum Gasteiger partial charge on any atom is -0.452 e. The number of esters is 1. The van der Waals surface area contributed by atoms with Gasteiger partial charge in [-0.1, -0.05) is 61.5 Å². The van der Waals surface area contributed by atoms with Crippen LogP contribution < -0.4 is 10.7 Å². The fourth-order valence-electron chi connectivity index (χ4n) is 3.31. The Kier molecular flexibility index (Phi) is 6.49. The molecule has 0 spiro atoms. The molecule has 2 aromatic rings. The lowest BCUT2D eigenvalue weighted by atomic mass is 9.87. The Labute approximate surface area is 179 Å². The lowest BCUT2D eigenvalue weighted by Crippen LogP contribution is -2.49. The topological polar surface area (TPSA) is 105 Å². The highest BCUT2D eigenvalue weighted by Gasteiger charge is 2.52. The zero-order valence-electron chi connectivity index (χ0n) is 17.3. The third kappa shape index (κ3) is 4.63. The number of benzene rings is 2. The first-order valence-corrected chi connectivity index (χ1v) is 9.79. The fourth-order valence-corrected chi connectivity index (χ4v) is 3.31. The van der Waals surface area contributed by atoms with E-state index >= 15 is 0 Å². The van der Waals surface area contributed by atoms with Crippen LogP contribution in [0.2, 0.25) is 0 Å². The Morgan fingerprint density at radius 2 is 1.77 bits per heavy atom. The van der Waals surface area contributed by atoms with E-state index in [1.807, 2.05) is 31.2 Å². The number of amides is 4. The maximum atomic E-state index is 12.9. The average Bonchev–Trinajstić information content (AvgIpc) is 3.03. The van der Waals surface area contributed by atoms with Crippen LogP contribution in [0.15, 0.2) is 60.7 Å². The number of ether oxygens (including phenoxy) is 1. The first-order chi connectivity index (χ1) is 14.9. The highest BCUT2D eigenvalue weighted by Crippen LogP contribution is 2.31. The fraction of sp³-hybridized carbons (Fsp3) is 0.217. The number of hydrazine groups is 1. The van der Waals surface area contributed by atoms with Gasteiger partial charge in [0.05, 0.1) is 0 Å². The van der Waals surface area contributed by atoms with Crippen molar-refractivity contribution in [2.24, 2.45) is 0 Å². The first-order valence-electron chi connectivity index (χ1n) is 9.79. The molecule has 0 unspecified atom stereocenters. The summed E-state index contributed by atoms with van der Waals surface area (Å²) in [5.41, 5.74) is 3.39. The second-order valence-corrected chi connectivity index (χ2v) is 7.03. The molecule has 1 aliphatic heterocycles. The maximum Gasteiger partial charge on any atom is 0.344 e. The van der Waals surface area contributed by atoms with Crippen molar-refractivity contribution in [3.8, 4) is 0 Å². The van der Waals surface area contributed by atoms with E-state index in [0.717, 1.165) is 11.1 Å². The maximum absolute atomic E-state index is 12.9. The van der Waals surface area contributed by atoms with Gasteiger partial charge in [0.2, 0.25) is 0 Å². The van der Waals surface area contributed by atoms with Crippen LogP contribution in [-0.2, 0) is 24.7 Å². The molecule has 1 heterocycles. The third-order valence-corrected chi connectivity index (χ3v) is 5.06. The number of nitrogens with zero attached hydrogens (tertiary/aromatic N) is 1. The number of hydrogen-bond donors (Lipinski definition) is 2. The predicted molar refractivity (Wildman–Crippen MR) is 113 cm³/mol. The molecule has 2 N–H and O–H groups in total. The highest BCUT2D eigenvalue weighted by atomic mass is 16.5. The van der Waals surface area contributed by atoms with Gasteiger partial charge in [-0.3, -0.25) is 15.0 Å². The lowest BCUT2D eigenvalue weighted by molar-refractivity contribution is -0.147. The van der Waals surface area contributed by atoms with Gasteiger partial charge in [0.25, 0.3) is 11.8 Å². The molecule has 0 radical (unpaired) electrons. The summed E-state index contributed by atoms with van der Waals surface area (Å²) in [5, 5.41) is 3.27. The van der Waals surface area contributed by atoms with Crippen molar-refractivity contribution in [3.63, 3.8) is 0 Å². The molecule has 0 aromatic heterocycles. The second-order valence-electron chi connectivity index (χ2n) is 7.03. The minimum absolute atomic E-state index is 0.298. The molecule has 1 fully saturated rings. The van der Waals surface area contributed by atoms with E-state index in [9.17, 15) is 19.2 Å². The standard InChI is InChI=1S/C23H23N3O5/c1-3-23(18-11-5-4-6-12-18)21(29)26(22(30)24-23)25-19(27)15-31-20(28)14-13-17-10-8-7-9-16(17)2/h4-14H,3,15H2,1-2H3,(H,24,30)(H,25,27)/b14-13+/t23-/m0/s1. The molecular formula is C23H23N3O5. The van der Waals surface area contributed by atoms with Crippen molar-refractivity contribution in [2.75, 3.05) is 6.61 Å². The normalized spacial score (nSPS) is 18.2. The molecular weight excluding hydrogens is 398 g/mol. The summed E-state index contributed by atoms with van der Waals surface area (Å²) in [6.07, 6.45) is 3.09. The van der Waals surface area contributed by atoms with Gasteiger partial charge in [0.1, 0.15) is 5.54 Å². The quantitative estimate of drug-likeness (QED) is 0.406. The van der Waals surface area contributed by atoms with E-state index in [1.165, 1.54) is 6.08 Å². The van der Waals surface area contributed by atoms with E-state index < -0.39 is 36.0 Å². The van der Waals surface area contributed by atoms with Crippen LogP contribution >= 0.6 is 0 Å². The average molecular weight is 421 g/mol. The van der Waals surface area contributed by atoms with Crippen molar-refractivity contribution < 1.29 is 23.9 Å². The SMILES string of the molecule is CC[C@@]1(c2ccccc2)NC(=O)N(NC(=O)COC(=O)/C=C/c2ccccc2C)C1=O. The molecule has 0 saturated carbocycles. The molecule has 31 heavy (non-hydrogen) atoms. The van der Waals surface area contributed by atoms with Crippen LogP contribution in [0.4, 0.5) is 4.79 Å². The Morgan fingerprint density at radius 1 is 1.10 bits per heavy atom. The first kappa shape index (κ1) is 21.8. The van der Waals surface area contributed by atoms with Gasteiger partial charge < -0.3 is 10.1 Å². The van der Waals surface area contributed by atoms with E-state index in [1.54, 1.807) is 43.3 Å². The van der Waals surface area contributed by atoms with Crippen molar-refractivity contribution in [1.29, 1.82) is 0 Å². The molecule has 8 nitrogen and oxygen atoms in total. The summed E-state index contributed by atoms with van der Waals surface area (Å²) in [4.78, 5) is 49.4. The van der Waals surface area contributed by atoms with Gasteiger partial charge in [0.15, 0.2) is 6.61 Å². The summed E-state index contributed by atoms with van der Waals surface area (Å²) in [5.74, 6) is -2.13. The molecule has 4 amide bonds. The number of nitrogens with one attached hydrogen (secondary N) is 2. The van der Waals surface area contributed by atoms with E-state index in [2.05, 4.69) is 10.7 Å². The van der Waals surface area contributed by atoms with Gasteiger partial charge >= 0.3 is 12.0 Å². The zero-order valence-corrected chi connectivity index (χ0v) is 17.3. The number of imide groups is 1. The van der Waals surface area contributed by atoms with Crippen molar-refractivity contribution >= 4 is 29.9 Å². The van der Waals surface area contributed by atoms with Crippen LogP contribution in [0.3, 0.4) is 0 Å². The predicted octanol–water partition coefficient (Wildman–Crippen LogP) is 2.44.